The first kappa shape index (κ1) is 12.7. The molecule has 1 aromatic rings. The van der Waals surface area contributed by atoms with E-state index in [0.717, 1.165) is 18.1 Å². The molecule has 2 rings (SSSR count). The molecule has 0 amide bonds. The highest BCUT2D eigenvalue weighted by Gasteiger charge is 2.28. The Labute approximate surface area is 108 Å². The minimum Gasteiger partial charge on any atom is -0.366 e. The van der Waals surface area contributed by atoms with Crippen LogP contribution in [0.3, 0.4) is 0 Å². The minimum atomic E-state index is 0.421. The predicted molar refractivity (Wildman–Crippen MR) is 73.7 cm³/mol. The van der Waals surface area contributed by atoms with Crippen LogP contribution < -0.4 is 10.6 Å². The van der Waals surface area contributed by atoms with Gasteiger partial charge in [-0.15, -0.1) is 0 Å². The molecule has 1 fully saturated rings. The van der Waals surface area contributed by atoms with Gasteiger partial charge in [-0.2, -0.15) is 0 Å². The fraction of sp³-hybridized carbons (Fsp3) is 0.538. The molecule has 17 heavy (non-hydrogen) atoms. The van der Waals surface area contributed by atoms with Gasteiger partial charge >= 0.3 is 0 Å². The molecule has 2 N–H and O–H groups in total. The number of nitrogens with zero attached hydrogens (tertiary/aromatic N) is 2. The maximum absolute atomic E-state index is 6.05. The van der Waals surface area contributed by atoms with E-state index in [2.05, 4.69) is 29.8 Å². The Morgan fingerprint density at radius 3 is 2.82 bits per heavy atom. The quantitative estimate of drug-likeness (QED) is 0.873. The molecule has 1 heterocycles. The van der Waals surface area contributed by atoms with E-state index in [1.165, 1.54) is 5.69 Å². The highest BCUT2D eigenvalue weighted by atomic mass is 35.5. The zero-order chi connectivity index (χ0) is 12.4. The van der Waals surface area contributed by atoms with Gasteiger partial charge in [-0.25, -0.2) is 0 Å². The Balaban J connectivity index is 2.20. The lowest BCUT2D eigenvalue weighted by molar-refractivity contribution is 0.197. The van der Waals surface area contributed by atoms with Crippen molar-refractivity contribution < 1.29 is 0 Å². The molecule has 2 atom stereocenters. The molecular weight excluding hydrogens is 234 g/mol. The van der Waals surface area contributed by atoms with Crippen molar-refractivity contribution in [2.75, 3.05) is 31.6 Å². The first-order valence-corrected chi connectivity index (χ1v) is 6.42. The average molecular weight is 254 g/mol. The number of halogens is 1. The molecule has 1 aliphatic heterocycles. The largest absolute Gasteiger partial charge is 0.366 e. The van der Waals surface area contributed by atoms with E-state index in [0.29, 0.717) is 18.6 Å². The number of rotatable bonds is 2. The van der Waals surface area contributed by atoms with Gasteiger partial charge in [0.25, 0.3) is 0 Å². The lowest BCUT2D eigenvalue weighted by atomic mass is 10.1. The summed E-state index contributed by atoms with van der Waals surface area (Å²) in [5.41, 5.74) is 7.01. The summed E-state index contributed by atoms with van der Waals surface area (Å²) in [6.45, 7) is 4.94. The number of nitrogens with two attached hydrogens (primary N) is 1. The maximum atomic E-state index is 6.05. The van der Waals surface area contributed by atoms with Crippen molar-refractivity contribution in [1.82, 2.24) is 4.90 Å². The van der Waals surface area contributed by atoms with Crippen LogP contribution in [0.5, 0.6) is 0 Å². The van der Waals surface area contributed by atoms with Crippen molar-refractivity contribution >= 4 is 17.3 Å². The summed E-state index contributed by atoms with van der Waals surface area (Å²) in [6, 6.07) is 8.95. The van der Waals surface area contributed by atoms with E-state index in [9.17, 15) is 0 Å². The van der Waals surface area contributed by atoms with Crippen molar-refractivity contribution in [1.29, 1.82) is 0 Å². The Bertz CT molecular complexity index is 383. The standard InChI is InChI=1S/C13H20ClN3/c1-10-8-16(2)13(7-15)9-17(10)12-5-3-4-11(14)6-12/h3-6,10,13H,7-9,15H2,1-2H3. The van der Waals surface area contributed by atoms with E-state index in [1.54, 1.807) is 0 Å². The smallest absolute Gasteiger partial charge is 0.0426 e. The van der Waals surface area contributed by atoms with Crippen LogP contribution in [0.4, 0.5) is 5.69 Å². The average Bonchev–Trinajstić information content (AvgIpc) is 2.29. The second kappa shape index (κ2) is 5.25. The van der Waals surface area contributed by atoms with E-state index < -0.39 is 0 Å². The molecule has 1 aliphatic rings. The lowest BCUT2D eigenvalue weighted by Gasteiger charge is -2.44. The van der Waals surface area contributed by atoms with Gasteiger partial charge in [0.2, 0.25) is 0 Å². The zero-order valence-corrected chi connectivity index (χ0v) is 11.2. The highest BCUT2D eigenvalue weighted by Crippen LogP contribution is 2.24. The lowest BCUT2D eigenvalue weighted by Crippen LogP contribution is -2.58. The first-order valence-electron chi connectivity index (χ1n) is 6.04. The summed E-state index contributed by atoms with van der Waals surface area (Å²) in [6.07, 6.45) is 0. The van der Waals surface area contributed by atoms with Gasteiger partial charge in [0, 0.05) is 42.4 Å². The maximum Gasteiger partial charge on any atom is 0.0426 e. The Morgan fingerprint density at radius 2 is 2.18 bits per heavy atom. The topological polar surface area (TPSA) is 32.5 Å². The number of benzene rings is 1. The van der Waals surface area contributed by atoms with Gasteiger partial charge in [-0.1, -0.05) is 17.7 Å². The summed E-state index contributed by atoms with van der Waals surface area (Å²) >= 11 is 6.05. The number of hydrogen-bond donors (Lipinski definition) is 1. The summed E-state index contributed by atoms with van der Waals surface area (Å²) in [5.74, 6) is 0. The Hall–Kier alpha value is -0.770. The van der Waals surface area contributed by atoms with Crippen LogP contribution >= 0.6 is 11.6 Å². The van der Waals surface area contributed by atoms with Crippen LogP contribution in [0.1, 0.15) is 6.92 Å². The Kier molecular flexibility index (Phi) is 3.92. The van der Waals surface area contributed by atoms with Crippen LogP contribution in [0.15, 0.2) is 24.3 Å². The van der Waals surface area contributed by atoms with Gasteiger partial charge in [0.15, 0.2) is 0 Å². The van der Waals surface area contributed by atoms with Gasteiger partial charge < -0.3 is 10.6 Å². The number of hydrogen-bond acceptors (Lipinski definition) is 3. The fourth-order valence-electron chi connectivity index (χ4n) is 2.48. The monoisotopic (exact) mass is 253 g/mol. The molecule has 94 valence electrons. The third-order valence-electron chi connectivity index (χ3n) is 3.53. The van der Waals surface area contributed by atoms with Crippen molar-refractivity contribution in [3.05, 3.63) is 29.3 Å². The summed E-state index contributed by atoms with van der Waals surface area (Å²) in [4.78, 5) is 4.73. The normalized spacial score (nSPS) is 26.2. The van der Waals surface area contributed by atoms with Crippen molar-refractivity contribution in [3.63, 3.8) is 0 Å². The molecule has 2 unspecified atom stereocenters. The van der Waals surface area contributed by atoms with Crippen molar-refractivity contribution in [2.24, 2.45) is 5.73 Å². The van der Waals surface area contributed by atoms with Crippen LogP contribution in [-0.4, -0.2) is 43.7 Å². The molecule has 3 nitrogen and oxygen atoms in total. The van der Waals surface area contributed by atoms with Crippen molar-refractivity contribution in [2.45, 2.75) is 19.0 Å². The third kappa shape index (κ3) is 2.73. The molecule has 1 saturated heterocycles. The third-order valence-corrected chi connectivity index (χ3v) is 3.76. The van der Waals surface area contributed by atoms with Crippen LogP contribution in [-0.2, 0) is 0 Å². The number of piperazine rings is 1. The molecule has 0 saturated carbocycles. The summed E-state index contributed by atoms with van der Waals surface area (Å²) < 4.78 is 0. The molecule has 4 heteroatoms. The minimum absolute atomic E-state index is 0.421. The van der Waals surface area contributed by atoms with Crippen LogP contribution in [0, 0.1) is 0 Å². The molecule has 0 bridgehead atoms. The summed E-state index contributed by atoms with van der Waals surface area (Å²) in [7, 11) is 2.14. The molecule has 1 aromatic carbocycles. The summed E-state index contributed by atoms with van der Waals surface area (Å²) in [5, 5.41) is 0.790. The SMILES string of the molecule is CC1CN(C)C(CN)CN1c1cccc(Cl)c1. The molecule has 0 aliphatic carbocycles. The van der Waals surface area contributed by atoms with Crippen LogP contribution in [0.25, 0.3) is 0 Å². The molecule has 0 radical (unpaired) electrons. The Morgan fingerprint density at radius 1 is 1.41 bits per heavy atom. The van der Waals surface area contributed by atoms with Gasteiger partial charge in [0.1, 0.15) is 0 Å². The highest BCUT2D eigenvalue weighted by molar-refractivity contribution is 6.30. The fourth-order valence-corrected chi connectivity index (χ4v) is 2.66. The van der Waals surface area contributed by atoms with Crippen LogP contribution in [0.2, 0.25) is 5.02 Å². The van der Waals surface area contributed by atoms with Gasteiger partial charge in [-0.05, 0) is 32.2 Å². The number of anilines is 1. The van der Waals surface area contributed by atoms with E-state index in [4.69, 9.17) is 17.3 Å². The molecule has 0 spiro atoms. The second-order valence-electron chi connectivity index (χ2n) is 4.81. The van der Waals surface area contributed by atoms with E-state index in [-0.39, 0.29) is 0 Å². The van der Waals surface area contributed by atoms with Gasteiger partial charge in [0.05, 0.1) is 0 Å². The van der Waals surface area contributed by atoms with Crippen molar-refractivity contribution in [3.8, 4) is 0 Å². The zero-order valence-electron chi connectivity index (χ0n) is 10.4. The van der Waals surface area contributed by atoms with Gasteiger partial charge in [-0.3, -0.25) is 4.90 Å². The molecule has 0 aromatic heterocycles. The first-order chi connectivity index (χ1) is 8.11. The number of likely N-dealkylation sites (N-methyl/N-ethyl adjacent to an activating group) is 1. The second-order valence-corrected chi connectivity index (χ2v) is 5.25. The van der Waals surface area contributed by atoms with E-state index >= 15 is 0 Å². The van der Waals surface area contributed by atoms with E-state index in [1.807, 2.05) is 18.2 Å². The predicted octanol–water partition coefficient (Wildman–Crippen LogP) is 1.81. The molecular formula is C13H20ClN3.